The second-order valence-electron chi connectivity index (χ2n) is 6.32. The van der Waals surface area contributed by atoms with E-state index in [1.807, 2.05) is 0 Å². The SMILES string of the molecule is COc1ccc2oc(=O)c(-c3ccc(OCC(=O)NC[C@@H](C)O)cc3)cc2c1. The van der Waals surface area contributed by atoms with Crippen molar-refractivity contribution in [3.8, 4) is 22.6 Å². The van der Waals surface area contributed by atoms with E-state index in [2.05, 4.69) is 5.32 Å². The fraction of sp³-hybridized carbons (Fsp3) is 0.238. The van der Waals surface area contributed by atoms with E-state index in [1.54, 1.807) is 62.6 Å². The molecular weight excluding hydrogens is 362 g/mol. The Morgan fingerprint density at radius 2 is 1.86 bits per heavy atom. The van der Waals surface area contributed by atoms with E-state index in [4.69, 9.17) is 19.0 Å². The van der Waals surface area contributed by atoms with Crippen LogP contribution in [-0.4, -0.2) is 37.4 Å². The van der Waals surface area contributed by atoms with Gasteiger partial charge in [0.15, 0.2) is 6.61 Å². The Morgan fingerprint density at radius 3 is 2.54 bits per heavy atom. The molecule has 0 aliphatic carbocycles. The second-order valence-corrected chi connectivity index (χ2v) is 6.32. The fourth-order valence-corrected chi connectivity index (χ4v) is 2.62. The molecule has 0 saturated carbocycles. The third-order valence-corrected chi connectivity index (χ3v) is 4.07. The molecule has 7 nitrogen and oxygen atoms in total. The van der Waals surface area contributed by atoms with Gasteiger partial charge in [-0.1, -0.05) is 12.1 Å². The first kappa shape index (κ1) is 19.4. The first-order valence-corrected chi connectivity index (χ1v) is 8.76. The Bertz CT molecular complexity index is 1020. The Kier molecular flexibility index (Phi) is 5.96. The van der Waals surface area contributed by atoms with Crippen molar-refractivity contribution in [1.29, 1.82) is 0 Å². The Hall–Kier alpha value is -3.32. The summed E-state index contributed by atoms with van der Waals surface area (Å²) in [6.07, 6.45) is -0.614. The lowest BCUT2D eigenvalue weighted by Gasteiger charge is -2.09. The van der Waals surface area contributed by atoms with Crippen LogP contribution in [0.15, 0.2) is 57.7 Å². The van der Waals surface area contributed by atoms with Gasteiger partial charge in [0, 0.05) is 11.9 Å². The van der Waals surface area contributed by atoms with Gasteiger partial charge in [-0.25, -0.2) is 4.79 Å². The monoisotopic (exact) mass is 383 g/mol. The van der Waals surface area contributed by atoms with Crippen LogP contribution in [0.3, 0.4) is 0 Å². The molecule has 0 aliphatic heterocycles. The van der Waals surface area contributed by atoms with Gasteiger partial charge in [0.05, 0.1) is 18.8 Å². The topological polar surface area (TPSA) is 98.0 Å². The maximum absolute atomic E-state index is 12.3. The normalized spacial score (nSPS) is 11.8. The second kappa shape index (κ2) is 8.58. The smallest absolute Gasteiger partial charge is 0.344 e. The van der Waals surface area contributed by atoms with E-state index in [0.717, 1.165) is 5.39 Å². The van der Waals surface area contributed by atoms with Crippen LogP contribution >= 0.6 is 0 Å². The highest BCUT2D eigenvalue weighted by Gasteiger charge is 2.10. The number of nitrogens with one attached hydrogen (secondary N) is 1. The summed E-state index contributed by atoms with van der Waals surface area (Å²) in [5, 5.41) is 12.4. The van der Waals surface area contributed by atoms with E-state index in [9.17, 15) is 9.59 Å². The van der Waals surface area contributed by atoms with Gasteiger partial charge in [0.1, 0.15) is 17.1 Å². The first-order valence-electron chi connectivity index (χ1n) is 8.76. The molecule has 1 heterocycles. The number of ether oxygens (including phenoxy) is 2. The van der Waals surface area contributed by atoms with E-state index in [-0.39, 0.29) is 19.1 Å². The minimum atomic E-state index is -0.614. The van der Waals surface area contributed by atoms with Crippen LogP contribution in [0.25, 0.3) is 22.1 Å². The van der Waals surface area contributed by atoms with Crippen molar-refractivity contribution in [3.05, 3.63) is 59.0 Å². The third-order valence-electron chi connectivity index (χ3n) is 4.07. The van der Waals surface area contributed by atoms with Gasteiger partial charge in [-0.3, -0.25) is 4.79 Å². The van der Waals surface area contributed by atoms with Crippen LogP contribution in [0.1, 0.15) is 6.92 Å². The molecule has 0 radical (unpaired) electrons. The maximum atomic E-state index is 12.3. The number of aliphatic hydroxyl groups excluding tert-OH is 1. The van der Waals surface area contributed by atoms with Crippen LogP contribution in [0.2, 0.25) is 0 Å². The molecule has 1 amide bonds. The van der Waals surface area contributed by atoms with Crippen LogP contribution in [-0.2, 0) is 4.79 Å². The zero-order chi connectivity index (χ0) is 20.1. The number of hydrogen-bond acceptors (Lipinski definition) is 6. The van der Waals surface area contributed by atoms with Gasteiger partial charge in [-0.05, 0) is 48.9 Å². The van der Waals surface area contributed by atoms with Crippen molar-refractivity contribution in [1.82, 2.24) is 5.32 Å². The lowest BCUT2D eigenvalue weighted by Crippen LogP contribution is -2.34. The van der Waals surface area contributed by atoms with E-state index in [1.165, 1.54) is 0 Å². The summed E-state index contributed by atoms with van der Waals surface area (Å²) < 4.78 is 16.0. The largest absolute Gasteiger partial charge is 0.497 e. The minimum Gasteiger partial charge on any atom is -0.497 e. The van der Waals surface area contributed by atoms with Gasteiger partial charge < -0.3 is 24.3 Å². The third kappa shape index (κ3) is 4.69. The zero-order valence-corrected chi connectivity index (χ0v) is 15.6. The average Bonchev–Trinajstić information content (AvgIpc) is 2.70. The molecule has 3 rings (SSSR count). The standard InChI is InChI=1S/C21H21NO6/c1-13(23)11-22-20(24)12-27-16-5-3-14(4-6-16)18-10-15-9-17(26-2)7-8-19(15)28-21(18)25/h3-10,13,23H,11-12H2,1-2H3,(H,22,24)/t13-/m1/s1. The van der Waals surface area contributed by atoms with E-state index >= 15 is 0 Å². The quantitative estimate of drug-likeness (QED) is 0.608. The van der Waals surface area contributed by atoms with Crippen molar-refractivity contribution in [3.63, 3.8) is 0 Å². The van der Waals surface area contributed by atoms with Gasteiger partial charge in [-0.2, -0.15) is 0 Å². The van der Waals surface area contributed by atoms with Crippen molar-refractivity contribution in [2.75, 3.05) is 20.3 Å². The molecular formula is C21H21NO6. The summed E-state index contributed by atoms with van der Waals surface area (Å²) >= 11 is 0. The van der Waals surface area contributed by atoms with Gasteiger partial charge in [0.25, 0.3) is 5.91 Å². The Morgan fingerprint density at radius 1 is 1.14 bits per heavy atom. The van der Waals surface area contributed by atoms with Crippen LogP contribution in [0.5, 0.6) is 11.5 Å². The molecule has 1 aromatic heterocycles. The predicted octanol–water partition coefficient (Wildman–Crippen LogP) is 2.34. The summed E-state index contributed by atoms with van der Waals surface area (Å²) in [5.41, 5.74) is 1.13. The number of hydrogen-bond donors (Lipinski definition) is 2. The number of benzene rings is 2. The molecule has 0 unspecified atom stereocenters. The van der Waals surface area contributed by atoms with E-state index in [0.29, 0.717) is 28.2 Å². The summed E-state index contributed by atoms with van der Waals surface area (Å²) in [4.78, 5) is 23.9. The fourth-order valence-electron chi connectivity index (χ4n) is 2.62. The molecule has 28 heavy (non-hydrogen) atoms. The summed E-state index contributed by atoms with van der Waals surface area (Å²) in [7, 11) is 1.57. The van der Waals surface area contributed by atoms with Crippen molar-refractivity contribution >= 4 is 16.9 Å². The first-order chi connectivity index (χ1) is 13.5. The number of aliphatic hydroxyl groups is 1. The lowest BCUT2D eigenvalue weighted by molar-refractivity contribution is -0.123. The maximum Gasteiger partial charge on any atom is 0.344 e. The molecule has 0 bridgehead atoms. The van der Waals surface area contributed by atoms with Gasteiger partial charge in [-0.15, -0.1) is 0 Å². The van der Waals surface area contributed by atoms with Crippen molar-refractivity contribution < 1.29 is 23.8 Å². The molecule has 7 heteroatoms. The molecule has 2 N–H and O–H groups in total. The molecule has 2 aromatic carbocycles. The number of methoxy groups -OCH3 is 1. The lowest BCUT2D eigenvalue weighted by atomic mass is 10.1. The molecule has 1 atom stereocenters. The number of fused-ring (bicyclic) bond motifs is 1. The highest BCUT2D eigenvalue weighted by molar-refractivity contribution is 5.83. The number of rotatable bonds is 7. The molecule has 0 saturated heterocycles. The average molecular weight is 383 g/mol. The van der Waals surface area contributed by atoms with Crippen LogP contribution < -0.4 is 20.4 Å². The summed E-state index contributed by atoms with van der Waals surface area (Å²) in [6, 6.07) is 13.8. The molecule has 0 spiro atoms. The van der Waals surface area contributed by atoms with Gasteiger partial charge in [0.2, 0.25) is 0 Å². The van der Waals surface area contributed by atoms with Crippen molar-refractivity contribution in [2.24, 2.45) is 0 Å². The number of carbonyl (C=O) groups excluding carboxylic acids is 1. The van der Waals surface area contributed by atoms with Crippen molar-refractivity contribution in [2.45, 2.75) is 13.0 Å². The molecule has 0 fully saturated rings. The Balaban J connectivity index is 1.75. The van der Waals surface area contributed by atoms with Crippen LogP contribution in [0, 0.1) is 0 Å². The molecule has 3 aromatic rings. The summed E-state index contributed by atoms with van der Waals surface area (Å²) in [6.45, 7) is 1.59. The molecule has 146 valence electrons. The molecule has 0 aliphatic rings. The number of amides is 1. The zero-order valence-electron chi connectivity index (χ0n) is 15.6. The predicted molar refractivity (Wildman–Crippen MR) is 105 cm³/mol. The van der Waals surface area contributed by atoms with E-state index < -0.39 is 11.7 Å². The van der Waals surface area contributed by atoms with Crippen LogP contribution in [0.4, 0.5) is 0 Å². The van der Waals surface area contributed by atoms with Gasteiger partial charge >= 0.3 is 5.63 Å². The highest BCUT2D eigenvalue weighted by atomic mass is 16.5. The Labute approximate surface area is 161 Å². The highest BCUT2D eigenvalue weighted by Crippen LogP contribution is 2.25. The number of carbonyl (C=O) groups is 1. The summed E-state index contributed by atoms with van der Waals surface area (Å²) in [5.74, 6) is 0.835. The minimum absolute atomic E-state index is 0.163.